The van der Waals surface area contributed by atoms with Crippen molar-refractivity contribution in [2.45, 2.75) is 19.8 Å². The van der Waals surface area contributed by atoms with E-state index in [0.717, 1.165) is 12.4 Å². The lowest BCUT2D eigenvalue weighted by molar-refractivity contribution is 0.0944. The Hall–Kier alpha value is -1.43. The SMILES string of the molecule is CNCCNC(=O)c1n[nH]c(C(C)C)n1. The van der Waals surface area contributed by atoms with E-state index >= 15 is 0 Å². The molecular weight excluding hydrogens is 194 g/mol. The van der Waals surface area contributed by atoms with Gasteiger partial charge in [-0.15, -0.1) is 5.10 Å². The van der Waals surface area contributed by atoms with Crippen molar-refractivity contribution in [2.75, 3.05) is 20.1 Å². The summed E-state index contributed by atoms with van der Waals surface area (Å²) in [6.45, 7) is 5.28. The van der Waals surface area contributed by atoms with E-state index in [1.54, 1.807) is 0 Å². The van der Waals surface area contributed by atoms with Gasteiger partial charge in [0.1, 0.15) is 5.82 Å². The van der Waals surface area contributed by atoms with Crippen LogP contribution in [0.4, 0.5) is 0 Å². The Morgan fingerprint density at radius 2 is 2.20 bits per heavy atom. The van der Waals surface area contributed by atoms with Gasteiger partial charge in [-0.1, -0.05) is 13.8 Å². The van der Waals surface area contributed by atoms with Crippen molar-refractivity contribution in [1.29, 1.82) is 0 Å². The second-order valence-electron chi connectivity index (χ2n) is 3.56. The van der Waals surface area contributed by atoms with Gasteiger partial charge in [0.2, 0.25) is 5.82 Å². The van der Waals surface area contributed by atoms with Crippen molar-refractivity contribution in [3.8, 4) is 0 Å². The Morgan fingerprint density at radius 1 is 1.47 bits per heavy atom. The lowest BCUT2D eigenvalue weighted by Crippen LogP contribution is -2.31. The van der Waals surface area contributed by atoms with Crippen LogP contribution in [-0.4, -0.2) is 41.2 Å². The summed E-state index contributed by atoms with van der Waals surface area (Å²) in [4.78, 5) is 15.6. The van der Waals surface area contributed by atoms with E-state index in [0.29, 0.717) is 6.54 Å². The number of likely N-dealkylation sites (N-methyl/N-ethyl adjacent to an activating group) is 1. The molecule has 0 bridgehead atoms. The van der Waals surface area contributed by atoms with E-state index < -0.39 is 0 Å². The van der Waals surface area contributed by atoms with Crippen molar-refractivity contribution in [3.63, 3.8) is 0 Å². The molecule has 0 atom stereocenters. The van der Waals surface area contributed by atoms with E-state index in [9.17, 15) is 4.79 Å². The normalized spacial score (nSPS) is 10.7. The third kappa shape index (κ3) is 3.32. The van der Waals surface area contributed by atoms with Crippen LogP contribution in [0.2, 0.25) is 0 Å². The van der Waals surface area contributed by atoms with Crippen LogP contribution in [0.1, 0.15) is 36.2 Å². The van der Waals surface area contributed by atoms with Crippen LogP contribution in [0.3, 0.4) is 0 Å². The third-order valence-corrected chi connectivity index (χ3v) is 1.91. The quantitative estimate of drug-likeness (QED) is 0.593. The second-order valence-corrected chi connectivity index (χ2v) is 3.56. The average molecular weight is 211 g/mol. The highest BCUT2D eigenvalue weighted by Crippen LogP contribution is 2.07. The number of hydrogen-bond donors (Lipinski definition) is 3. The highest BCUT2D eigenvalue weighted by Gasteiger charge is 2.12. The van der Waals surface area contributed by atoms with Crippen LogP contribution in [-0.2, 0) is 0 Å². The van der Waals surface area contributed by atoms with Gasteiger partial charge in [-0.25, -0.2) is 4.98 Å². The van der Waals surface area contributed by atoms with E-state index in [2.05, 4.69) is 25.8 Å². The minimum Gasteiger partial charge on any atom is -0.348 e. The zero-order valence-corrected chi connectivity index (χ0v) is 9.29. The lowest BCUT2D eigenvalue weighted by atomic mass is 10.2. The zero-order chi connectivity index (χ0) is 11.3. The Balaban J connectivity index is 2.51. The number of rotatable bonds is 5. The van der Waals surface area contributed by atoms with Gasteiger partial charge >= 0.3 is 0 Å². The molecule has 6 heteroatoms. The highest BCUT2D eigenvalue weighted by molar-refractivity contribution is 5.90. The fourth-order valence-electron chi connectivity index (χ4n) is 1.01. The molecule has 0 saturated carbocycles. The van der Waals surface area contributed by atoms with E-state index in [1.807, 2.05) is 20.9 Å². The molecule has 1 aromatic rings. The maximum absolute atomic E-state index is 11.5. The minimum atomic E-state index is -0.242. The summed E-state index contributed by atoms with van der Waals surface area (Å²) in [5, 5.41) is 12.2. The molecule has 0 spiro atoms. The van der Waals surface area contributed by atoms with Crippen molar-refractivity contribution >= 4 is 5.91 Å². The van der Waals surface area contributed by atoms with Gasteiger partial charge in [-0.3, -0.25) is 9.89 Å². The third-order valence-electron chi connectivity index (χ3n) is 1.91. The zero-order valence-electron chi connectivity index (χ0n) is 9.29. The number of H-pyrrole nitrogens is 1. The summed E-state index contributed by atoms with van der Waals surface area (Å²) >= 11 is 0. The van der Waals surface area contributed by atoms with Gasteiger partial charge in [0.15, 0.2) is 0 Å². The van der Waals surface area contributed by atoms with Crippen molar-refractivity contribution in [1.82, 2.24) is 25.8 Å². The maximum Gasteiger partial charge on any atom is 0.291 e. The number of carbonyl (C=O) groups excluding carboxylic acids is 1. The topological polar surface area (TPSA) is 82.7 Å². The number of nitrogens with one attached hydrogen (secondary N) is 3. The molecule has 1 amide bonds. The molecule has 1 aromatic heterocycles. The largest absolute Gasteiger partial charge is 0.348 e. The van der Waals surface area contributed by atoms with Crippen molar-refractivity contribution in [3.05, 3.63) is 11.6 Å². The molecule has 0 aliphatic carbocycles. The van der Waals surface area contributed by atoms with Gasteiger partial charge in [-0.2, -0.15) is 0 Å². The molecule has 1 rings (SSSR count). The lowest BCUT2D eigenvalue weighted by Gasteiger charge is -2.00. The molecule has 1 heterocycles. The Bertz CT molecular complexity index is 320. The Kier molecular flexibility index (Phi) is 4.23. The predicted molar refractivity (Wildman–Crippen MR) is 56.7 cm³/mol. The number of aromatic nitrogens is 3. The Morgan fingerprint density at radius 3 is 2.73 bits per heavy atom. The molecule has 0 aliphatic heterocycles. The van der Waals surface area contributed by atoms with Crippen LogP contribution < -0.4 is 10.6 Å². The number of amides is 1. The summed E-state index contributed by atoms with van der Waals surface area (Å²) in [6, 6.07) is 0. The summed E-state index contributed by atoms with van der Waals surface area (Å²) in [7, 11) is 1.83. The smallest absolute Gasteiger partial charge is 0.291 e. The monoisotopic (exact) mass is 211 g/mol. The molecule has 15 heavy (non-hydrogen) atoms. The van der Waals surface area contributed by atoms with Gasteiger partial charge in [0, 0.05) is 19.0 Å². The van der Waals surface area contributed by atoms with Gasteiger partial charge < -0.3 is 10.6 Å². The first-order chi connectivity index (χ1) is 7.15. The maximum atomic E-state index is 11.5. The summed E-state index contributed by atoms with van der Waals surface area (Å²) < 4.78 is 0. The van der Waals surface area contributed by atoms with Gasteiger partial charge in [-0.05, 0) is 7.05 Å². The first-order valence-electron chi connectivity index (χ1n) is 5.00. The average Bonchev–Trinajstić information content (AvgIpc) is 2.66. The Labute approximate surface area is 88.9 Å². The van der Waals surface area contributed by atoms with Crippen LogP contribution in [0.15, 0.2) is 0 Å². The van der Waals surface area contributed by atoms with E-state index in [-0.39, 0.29) is 17.6 Å². The molecule has 6 nitrogen and oxygen atoms in total. The number of aromatic amines is 1. The first kappa shape index (κ1) is 11.6. The fourth-order valence-corrected chi connectivity index (χ4v) is 1.01. The van der Waals surface area contributed by atoms with E-state index in [4.69, 9.17) is 0 Å². The predicted octanol–water partition coefficient (Wildman–Crippen LogP) is -0.123. The van der Waals surface area contributed by atoms with Crippen LogP contribution >= 0.6 is 0 Å². The van der Waals surface area contributed by atoms with Crippen LogP contribution in [0.5, 0.6) is 0 Å². The molecule has 0 aliphatic rings. The molecule has 0 saturated heterocycles. The molecule has 3 N–H and O–H groups in total. The summed E-state index contributed by atoms with van der Waals surface area (Å²) in [6.07, 6.45) is 0. The molecule has 0 radical (unpaired) electrons. The van der Waals surface area contributed by atoms with E-state index in [1.165, 1.54) is 0 Å². The van der Waals surface area contributed by atoms with Crippen LogP contribution in [0, 0.1) is 0 Å². The number of hydrogen-bond acceptors (Lipinski definition) is 4. The van der Waals surface area contributed by atoms with Crippen molar-refractivity contribution < 1.29 is 4.79 Å². The molecule has 0 unspecified atom stereocenters. The number of carbonyl (C=O) groups is 1. The highest BCUT2D eigenvalue weighted by atomic mass is 16.2. The fraction of sp³-hybridized carbons (Fsp3) is 0.667. The minimum absolute atomic E-state index is 0.204. The molecular formula is C9H17N5O. The molecule has 84 valence electrons. The van der Waals surface area contributed by atoms with Crippen LogP contribution in [0.25, 0.3) is 0 Å². The molecule has 0 fully saturated rings. The first-order valence-corrected chi connectivity index (χ1v) is 5.00. The molecule has 0 aromatic carbocycles. The standard InChI is InChI=1S/C9H17N5O/c1-6(2)7-12-8(14-13-7)9(15)11-5-4-10-3/h6,10H,4-5H2,1-3H3,(H,11,15)(H,12,13,14). The number of nitrogens with zero attached hydrogens (tertiary/aromatic N) is 2. The second kappa shape index (κ2) is 5.45. The summed E-state index contributed by atoms with van der Waals surface area (Å²) in [5.74, 6) is 0.938. The van der Waals surface area contributed by atoms with Gasteiger partial charge in [0.25, 0.3) is 5.91 Å². The van der Waals surface area contributed by atoms with Crippen molar-refractivity contribution in [2.24, 2.45) is 0 Å². The van der Waals surface area contributed by atoms with Gasteiger partial charge in [0.05, 0.1) is 0 Å². The summed E-state index contributed by atoms with van der Waals surface area (Å²) in [5.41, 5.74) is 0.